The summed E-state index contributed by atoms with van der Waals surface area (Å²) < 4.78 is 10.4. The molecule has 3 aromatic rings. The van der Waals surface area contributed by atoms with Crippen molar-refractivity contribution in [1.29, 1.82) is 0 Å². The van der Waals surface area contributed by atoms with Crippen molar-refractivity contribution in [3.05, 3.63) is 60.4 Å². The van der Waals surface area contributed by atoms with E-state index in [1.165, 1.54) is 11.9 Å². The summed E-state index contributed by atoms with van der Waals surface area (Å²) in [5.41, 5.74) is 2.68. The highest BCUT2D eigenvalue weighted by Crippen LogP contribution is 2.27. The number of carbonyl (C=O) groups is 1. The molecule has 8 heteroatoms. The molecule has 31 heavy (non-hydrogen) atoms. The number of amides is 2. The maximum atomic E-state index is 12.4. The number of hydrogen-bond acceptors (Lipinski definition) is 6. The molecule has 0 fully saturated rings. The predicted octanol–water partition coefficient (Wildman–Crippen LogP) is 5.18. The zero-order chi connectivity index (χ0) is 22.4. The number of aromatic nitrogens is 2. The Hall–Kier alpha value is -3.81. The van der Waals surface area contributed by atoms with Gasteiger partial charge < -0.3 is 20.1 Å². The molecule has 0 spiro atoms. The van der Waals surface area contributed by atoms with Crippen molar-refractivity contribution in [3.8, 4) is 11.5 Å². The van der Waals surface area contributed by atoms with Crippen molar-refractivity contribution in [3.63, 3.8) is 0 Å². The van der Waals surface area contributed by atoms with Gasteiger partial charge in [-0.25, -0.2) is 14.8 Å². The summed E-state index contributed by atoms with van der Waals surface area (Å²) in [5.74, 6) is 2.07. The van der Waals surface area contributed by atoms with Crippen molar-refractivity contribution in [1.82, 2.24) is 9.97 Å². The van der Waals surface area contributed by atoms with Gasteiger partial charge in [0.25, 0.3) is 0 Å². The molecule has 2 aromatic carbocycles. The fraction of sp³-hybridized carbons (Fsp3) is 0.261. The molecule has 0 aliphatic heterocycles. The zero-order valence-corrected chi connectivity index (χ0v) is 18.3. The van der Waals surface area contributed by atoms with Gasteiger partial charge in [0.15, 0.2) is 0 Å². The number of nitrogens with one attached hydrogen (secondary N) is 3. The van der Waals surface area contributed by atoms with E-state index >= 15 is 0 Å². The van der Waals surface area contributed by atoms with Crippen LogP contribution in [0.25, 0.3) is 0 Å². The number of carbonyl (C=O) groups excluding carboxylic acids is 1. The van der Waals surface area contributed by atoms with Gasteiger partial charge in [0.05, 0.1) is 14.2 Å². The number of rotatable bonds is 6. The van der Waals surface area contributed by atoms with Crippen LogP contribution >= 0.6 is 0 Å². The van der Waals surface area contributed by atoms with E-state index in [0.29, 0.717) is 28.8 Å². The van der Waals surface area contributed by atoms with E-state index in [0.717, 1.165) is 5.69 Å². The van der Waals surface area contributed by atoms with Gasteiger partial charge in [-0.15, -0.1) is 0 Å². The number of benzene rings is 2. The second-order valence-corrected chi connectivity index (χ2v) is 7.92. The fourth-order valence-corrected chi connectivity index (χ4v) is 2.86. The smallest absolute Gasteiger partial charge is 0.324 e. The second kappa shape index (κ2) is 9.34. The largest absolute Gasteiger partial charge is 0.497 e. The van der Waals surface area contributed by atoms with Crippen LogP contribution in [-0.4, -0.2) is 30.2 Å². The molecule has 0 aliphatic rings. The Kier molecular flexibility index (Phi) is 6.59. The van der Waals surface area contributed by atoms with E-state index < -0.39 is 6.03 Å². The normalized spacial score (nSPS) is 10.9. The summed E-state index contributed by atoms with van der Waals surface area (Å²) in [6, 6.07) is 14.5. The third-order valence-electron chi connectivity index (χ3n) is 4.52. The van der Waals surface area contributed by atoms with Crippen LogP contribution < -0.4 is 25.4 Å². The maximum absolute atomic E-state index is 12.4. The lowest BCUT2D eigenvalue weighted by molar-refractivity contribution is 0.262. The Bertz CT molecular complexity index is 1040. The van der Waals surface area contributed by atoms with E-state index in [1.54, 1.807) is 38.5 Å². The number of ether oxygens (including phenoxy) is 2. The molecule has 1 heterocycles. The van der Waals surface area contributed by atoms with Crippen LogP contribution in [0.5, 0.6) is 11.5 Å². The minimum absolute atomic E-state index is 0.0387. The van der Waals surface area contributed by atoms with Crippen molar-refractivity contribution >= 4 is 29.0 Å². The topological polar surface area (TPSA) is 97.4 Å². The number of anilines is 4. The molecule has 162 valence electrons. The molecule has 2 amide bonds. The van der Waals surface area contributed by atoms with Crippen LogP contribution in [0.1, 0.15) is 26.3 Å². The lowest BCUT2D eigenvalue weighted by atomic mass is 9.87. The zero-order valence-electron chi connectivity index (χ0n) is 18.3. The van der Waals surface area contributed by atoms with Crippen molar-refractivity contribution in [2.45, 2.75) is 26.2 Å². The number of methoxy groups -OCH3 is 2. The number of nitrogens with zero attached hydrogens (tertiary/aromatic N) is 2. The summed E-state index contributed by atoms with van der Waals surface area (Å²) in [4.78, 5) is 20.8. The van der Waals surface area contributed by atoms with Crippen LogP contribution in [0.2, 0.25) is 0 Å². The average Bonchev–Trinajstić information content (AvgIpc) is 2.73. The predicted molar refractivity (Wildman–Crippen MR) is 123 cm³/mol. The summed E-state index contributed by atoms with van der Waals surface area (Å²) >= 11 is 0. The quantitative estimate of drug-likeness (QED) is 0.507. The molecule has 0 aliphatic carbocycles. The van der Waals surface area contributed by atoms with Gasteiger partial charge in [-0.2, -0.15) is 0 Å². The van der Waals surface area contributed by atoms with Crippen LogP contribution in [0.3, 0.4) is 0 Å². The maximum Gasteiger partial charge on any atom is 0.324 e. The summed E-state index contributed by atoms with van der Waals surface area (Å²) in [6.07, 6.45) is 1.39. The van der Waals surface area contributed by atoms with Crippen molar-refractivity contribution < 1.29 is 14.3 Å². The van der Waals surface area contributed by atoms with E-state index in [2.05, 4.69) is 58.8 Å². The van der Waals surface area contributed by atoms with Crippen molar-refractivity contribution in [2.24, 2.45) is 0 Å². The average molecular weight is 422 g/mol. The van der Waals surface area contributed by atoms with E-state index in [-0.39, 0.29) is 5.41 Å². The molecule has 0 unspecified atom stereocenters. The monoisotopic (exact) mass is 421 g/mol. The molecule has 0 radical (unpaired) electrons. The second-order valence-electron chi connectivity index (χ2n) is 7.92. The van der Waals surface area contributed by atoms with Crippen LogP contribution in [0, 0.1) is 0 Å². The van der Waals surface area contributed by atoms with E-state index in [9.17, 15) is 4.79 Å². The molecule has 8 nitrogen and oxygen atoms in total. The molecule has 0 bridgehead atoms. The summed E-state index contributed by atoms with van der Waals surface area (Å²) in [6.45, 7) is 6.49. The highest BCUT2D eigenvalue weighted by Gasteiger charge is 2.14. The summed E-state index contributed by atoms with van der Waals surface area (Å²) in [5, 5.41) is 8.70. The first kappa shape index (κ1) is 21.9. The Morgan fingerprint density at radius 2 is 1.52 bits per heavy atom. The number of hydrogen-bond donors (Lipinski definition) is 3. The van der Waals surface area contributed by atoms with Crippen molar-refractivity contribution in [2.75, 3.05) is 30.2 Å². The first-order valence-electron chi connectivity index (χ1n) is 9.77. The van der Waals surface area contributed by atoms with Gasteiger partial charge in [0.1, 0.15) is 29.5 Å². The van der Waals surface area contributed by atoms with Crippen LogP contribution in [-0.2, 0) is 5.41 Å². The van der Waals surface area contributed by atoms with E-state index in [1.807, 2.05) is 12.1 Å². The lowest BCUT2D eigenvalue weighted by Crippen LogP contribution is -2.20. The van der Waals surface area contributed by atoms with Crippen LogP contribution in [0.15, 0.2) is 54.9 Å². The standard InChI is InChI=1S/C23H27N5O3/c1-23(2,3)15-7-6-8-16(9-15)26-20-13-21(25-14-24-20)28-22(29)27-17-10-18(30-4)12-19(11-17)31-5/h6-14H,1-5H3,(H3,24,25,26,27,28,29). The van der Waals surface area contributed by atoms with E-state index in [4.69, 9.17) is 9.47 Å². The van der Waals surface area contributed by atoms with Crippen LogP contribution in [0.4, 0.5) is 27.8 Å². The van der Waals surface area contributed by atoms with Gasteiger partial charge in [-0.3, -0.25) is 5.32 Å². The molecule has 0 atom stereocenters. The fourth-order valence-electron chi connectivity index (χ4n) is 2.86. The minimum atomic E-state index is -0.449. The SMILES string of the molecule is COc1cc(NC(=O)Nc2cc(Nc3cccc(C(C)(C)C)c3)ncn2)cc(OC)c1. The third-order valence-corrected chi connectivity index (χ3v) is 4.52. The van der Waals surface area contributed by atoms with Gasteiger partial charge in [-0.1, -0.05) is 32.9 Å². The van der Waals surface area contributed by atoms with Gasteiger partial charge in [0, 0.05) is 35.6 Å². The highest BCUT2D eigenvalue weighted by atomic mass is 16.5. The Morgan fingerprint density at radius 1 is 0.839 bits per heavy atom. The van der Waals surface area contributed by atoms with Gasteiger partial charge in [0.2, 0.25) is 0 Å². The number of urea groups is 1. The minimum Gasteiger partial charge on any atom is -0.497 e. The molecular formula is C23H27N5O3. The van der Waals surface area contributed by atoms with Gasteiger partial charge in [-0.05, 0) is 23.1 Å². The molecule has 1 aromatic heterocycles. The highest BCUT2D eigenvalue weighted by molar-refractivity contribution is 5.99. The molecule has 0 saturated carbocycles. The summed E-state index contributed by atoms with van der Waals surface area (Å²) in [7, 11) is 3.09. The lowest BCUT2D eigenvalue weighted by Gasteiger charge is -2.20. The molecule has 3 rings (SSSR count). The molecule has 3 N–H and O–H groups in total. The van der Waals surface area contributed by atoms with Gasteiger partial charge >= 0.3 is 6.03 Å². The Morgan fingerprint density at radius 3 is 2.16 bits per heavy atom. The third kappa shape index (κ3) is 6.08. The Labute approximate surface area is 182 Å². The molecule has 0 saturated heterocycles. The molecular weight excluding hydrogens is 394 g/mol. The first-order chi connectivity index (χ1) is 14.8. The first-order valence-corrected chi connectivity index (χ1v) is 9.77. The Balaban J connectivity index is 1.69.